The first-order valence-corrected chi connectivity index (χ1v) is 4.60. The maximum Gasteiger partial charge on any atom is 0.140 e. The molecular weight excluding hydrogens is 156 g/mol. The fourth-order valence-electron chi connectivity index (χ4n) is 0.792. The van der Waals surface area contributed by atoms with Crippen molar-refractivity contribution in [1.29, 1.82) is 5.26 Å². The Bertz CT molecular complexity index is 278. The molecule has 1 aromatic heterocycles. The number of thioether (sulfide) groups is 1. The molecule has 11 heavy (non-hydrogen) atoms. The van der Waals surface area contributed by atoms with E-state index in [9.17, 15) is 0 Å². The Morgan fingerprint density at radius 3 is 3.18 bits per heavy atom. The number of rotatable bonds is 2. The summed E-state index contributed by atoms with van der Waals surface area (Å²) in [6, 6.07) is 5.75. The van der Waals surface area contributed by atoms with E-state index in [0.29, 0.717) is 5.69 Å². The lowest BCUT2D eigenvalue weighted by molar-refractivity contribution is 1.22. The van der Waals surface area contributed by atoms with Gasteiger partial charge in [-0.3, -0.25) is 0 Å². The standard InChI is InChI=1S/C8H8N2S/c1-11-6-7-2-3-10-8(4-7)5-9/h2-4H,6H2,1H3. The molecule has 0 atom stereocenters. The summed E-state index contributed by atoms with van der Waals surface area (Å²) in [7, 11) is 0. The van der Waals surface area contributed by atoms with Crippen LogP contribution in [0.1, 0.15) is 11.3 Å². The largest absolute Gasteiger partial charge is 0.246 e. The molecule has 0 aliphatic rings. The van der Waals surface area contributed by atoms with Gasteiger partial charge in [-0.2, -0.15) is 17.0 Å². The van der Waals surface area contributed by atoms with Crippen molar-refractivity contribution in [3.05, 3.63) is 29.6 Å². The topological polar surface area (TPSA) is 36.7 Å². The molecule has 0 bridgehead atoms. The van der Waals surface area contributed by atoms with E-state index in [4.69, 9.17) is 5.26 Å². The molecule has 0 saturated heterocycles. The van der Waals surface area contributed by atoms with Crippen molar-refractivity contribution in [2.75, 3.05) is 6.26 Å². The maximum absolute atomic E-state index is 8.51. The lowest BCUT2D eigenvalue weighted by Crippen LogP contribution is -1.85. The van der Waals surface area contributed by atoms with E-state index in [-0.39, 0.29) is 0 Å². The van der Waals surface area contributed by atoms with Crippen molar-refractivity contribution in [1.82, 2.24) is 4.98 Å². The van der Waals surface area contributed by atoms with Gasteiger partial charge >= 0.3 is 0 Å². The van der Waals surface area contributed by atoms with E-state index < -0.39 is 0 Å². The van der Waals surface area contributed by atoms with Gasteiger partial charge < -0.3 is 0 Å². The minimum Gasteiger partial charge on any atom is -0.246 e. The molecule has 2 nitrogen and oxygen atoms in total. The minimum absolute atomic E-state index is 0.497. The molecule has 1 rings (SSSR count). The Labute approximate surface area is 70.3 Å². The second-order valence-corrected chi connectivity index (χ2v) is 2.96. The molecule has 0 N–H and O–H groups in total. The van der Waals surface area contributed by atoms with Crippen LogP contribution in [-0.2, 0) is 5.75 Å². The van der Waals surface area contributed by atoms with Crippen LogP contribution in [0.4, 0.5) is 0 Å². The van der Waals surface area contributed by atoms with E-state index >= 15 is 0 Å². The van der Waals surface area contributed by atoms with Crippen molar-refractivity contribution < 1.29 is 0 Å². The van der Waals surface area contributed by atoms with Crippen molar-refractivity contribution in [3.8, 4) is 6.07 Å². The Balaban J connectivity index is 2.85. The molecule has 0 amide bonds. The van der Waals surface area contributed by atoms with E-state index in [0.717, 1.165) is 11.3 Å². The first-order chi connectivity index (χ1) is 5.36. The Morgan fingerprint density at radius 1 is 1.73 bits per heavy atom. The van der Waals surface area contributed by atoms with Gasteiger partial charge in [0.1, 0.15) is 11.8 Å². The Kier molecular flexibility index (Phi) is 2.94. The second-order valence-electron chi connectivity index (χ2n) is 2.09. The first-order valence-electron chi connectivity index (χ1n) is 3.21. The zero-order chi connectivity index (χ0) is 8.10. The Morgan fingerprint density at radius 2 is 2.55 bits per heavy atom. The highest BCUT2D eigenvalue weighted by molar-refractivity contribution is 7.97. The van der Waals surface area contributed by atoms with Crippen LogP contribution in [0, 0.1) is 11.3 Å². The van der Waals surface area contributed by atoms with Gasteiger partial charge in [-0.25, -0.2) is 4.98 Å². The quantitative estimate of drug-likeness (QED) is 0.669. The van der Waals surface area contributed by atoms with E-state index in [2.05, 4.69) is 4.98 Å². The molecule has 0 radical (unpaired) electrons. The molecular formula is C8H8N2S. The fraction of sp³-hybridized carbons (Fsp3) is 0.250. The molecule has 56 valence electrons. The molecule has 1 aromatic rings. The Hall–Kier alpha value is -1.01. The molecule has 0 unspecified atom stereocenters. The number of hydrogen-bond donors (Lipinski definition) is 0. The molecule has 0 spiro atoms. The summed E-state index contributed by atoms with van der Waals surface area (Å²) < 4.78 is 0. The maximum atomic E-state index is 8.51. The summed E-state index contributed by atoms with van der Waals surface area (Å²) in [5.41, 5.74) is 1.65. The fourth-order valence-corrected chi connectivity index (χ4v) is 1.30. The lowest BCUT2D eigenvalue weighted by Gasteiger charge is -1.95. The van der Waals surface area contributed by atoms with Crippen molar-refractivity contribution in [3.63, 3.8) is 0 Å². The van der Waals surface area contributed by atoms with Crippen LogP contribution < -0.4 is 0 Å². The monoisotopic (exact) mass is 164 g/mol. The first kappa shape index (κ1) is 8.09. The highest BCUT2D eigenvalue weighted by Gasteiger charge is 1.93. The predicted octanol–water partition coefficient (Wildman–Crippen LogP) is 1.82. The summed E-state index contributed by atoms with van der Waals surface area (Å²) in [6.07, 6.45) is 3.70. The van der Waals surface area contributed by atoms with Crippen LogP contribution in [0.15, 0.2) is 18.3 Å². The predicted molar refractivity (Wildman–Crippen MR) is 46.2 cm³/mol. The third-order valence-corrected chi connectivity index (χ3v) is 1.87. The molecule has 0 fully saturated rings. The molecule has 0 aliphatic carbocycles. The van der Waals surface area contributed by atoms with Crippen molar-refractivity contribution in [2.45, 2.75) is 5.75 Å². The number of nitrogens with zero attached hydrogens (tertiary/aromatic N) is 2. The zero-order valence-electron chi connectivity index (χ0n) is 6.24. The molecule has 0 aromatic carbocycles. The minimum atomic E-state index is 0.497. The van der Waals surface area contributed by atoms with Crippen LogP contribution in [0.25, 0.3) is 0 Å². The number of pyridine rings is 1. The third kappa shape index (κ3) is 2.24. The number of nitriles is 1. The highest BCUT2D eigenvalue weighted by atomic mass is 32.2. The van der Waals surface area contributed by atoms with E-state index in [1.165, 1.54) is 0 Å². The van der Waals surface area contributed by atoms with Crippen LogP contribution >= 0.6 is 11.8 Å². The van der Waals surface area contributed by atoms with E-state index in [1.54, 1.807) is 18.0 Å². The lowest BCUT2D eigenvalue weighted by atomic mass is 10.2. The number of hydrogen-bond acceptors (Lipinski definition) is 3. The molecule has 1 heterocycles. The van der Waals surface area contributed by atoms with Crippen LogP contribution in [0.5, 0.6) is 0 Å². The second kappa shape index (κ2) is 3.99. The summed E-state index contributed by atoms with van der Waals surface area (Å²) in [4.78, 5) is 3.87. The van der Waals surface area contributed by atoms with Gasteiger partial charge in [-0.05, 0) is 24.0 Å². The average Bonchev–Trinajstić information content (AvgIpc) is 2.06. The highest BCUT2D eigenvalue weighted by Crippen LogP contribution is 2.08. The van der Waals surface area contributed by atoms with Gasteiger partial charge in [0.05, 0.1) is 0 Å². The van der Waals surface area contributed by atoms with Crippen LogP contribution in [0.2, 0.25) is 0 Å². The van der Waals surface area contributed by atoms with E-state index in [1.807, 2.05) is 24.5 Å². The van der Waals surface area contributed by atoms with Gasteiger partial charge in [0.15, 0.2) is 0 Å². The molecule has 0 aliphatic heterocycles. The van der Waals surface area contributed by atoms with Crippen molar-refractivity contribution >= 4 is 11.8 Å². The summed E-state index contributed by atoms with van der Waals surface area (Å²) in [5, 5.41) is 8.51. The van der Waals surface area contributed by atoms with Gasteiger partial charge in [0.2, 0.25) is 0 Å². The molecule has 3 heteroatoms. The SMILES string of the molecule is CSCc1ccnc(C#N)c1. The summed E-state index contributed by atoms with van der Waals surface area (Å²) in [5.74, 6) is 0.942. The van der Waals surface area contributed by atoms with Crippen LogP contribution in [-0.4, -0.2) is 11.2 Å². The molecule has 0 saturated carbocycles. The summed E-state index contributed by atoms with van der Waals surface area (Å²) >= 11 is 1.74. The van der Waals surface area contributed by atoms with Crippen molar-refractivity contribution in [2.24, 2.45) is 0 Å². The third-order valence-electron chi connectivity index (χ3n) is 1.25. The van der Waals surface area contributed by atoms with Gasteiger partial charge in [-0.1, -0.05) is 0 Å². The smallest absolute Gasteiger partial charge is 0.140 e. The normalized spacial score (nSPS) is 9.09. The van der Waals surface area contributed by atoms with Crippen LogP contribution in [0.3, 0.4) is 0 Å². The summed E-state index contributed by atoms with van der Waals surface area (Å²) in [6.45, 7) is 0. The number of aromatic nitrogens is 1. The average molecular weight is 164 g/mol. The van der Waals surface area contributed by atoms with Gasteiger partial charge in [-0.15, -0.1) is 0 Å². The van der Waals surface area contributed by atoms with Gasteiger partial charge in [0, 0.05) is 11.9 Å². The van der Waals surface area contributed by atoms with Gasteiger partial charge in [0.25, 0.3) is 0 Å². The zero-order valence-corrected chi connectivity index (χ0v) is 7.06.